The predicted octanol–water partition coefficient (Wildman–Crippen LogP) is 2.29. The Labute approximate surface area is 88.2 Å². The van der Waals surface area contributed by atoms with Gasteiger partial charge < -0.3 is 9.15 Å². The van der Waals surface area contributed by atoms with Gasteiger partial charge in [0, 0.05) is 6.42 Å². The fourth-order valence-electron chi connectivity index (χ4n) is 1.17. The van der Waals surface area contributed by atoms with Crippen LogP contribution in [-0.2, 0) is 4.74 Å². The van der Waals surface area contributed by atoms with Gasteiger partial charge in [-0.05, 0) is 18.1 Å². The van der Waals surface area contributed by atoms with Crippen LogP contribution in [0.1, 0.15) is 41.4 Å². The van der Waals surface area contributed by atoms with Gasteiger partial charge in [0.1, 0.15) is 0 Å². The van der Waals surface area contributed by atoms with Crippen molar-refractivity contribution in [2.45, 2.75) is 20.3 Å². The smallest absolute Gasteiger partial charge is 0.373 e. The van der Waals surface area contributed by atoms with Gasteiger partial charge in [0.25, 0.3) is 0 Å². The van der Waals surface area contributed by atoms with Gasteiger partial charge in [0.15, 0.2) is 11.5 Å². The Morgan fingerprint density at radius 2 is 1.93 bits per heavy atom. The molecular formula is C11H14O4. The van der Waals surface area contributed by atoms with Gasteiger partial charge in [-0.1, -0.05) is 13.8 Å². The van der Waals surface area contributed by atoms with Crippen molar-refractivity contribution >= 4 is 11.8 Å². The highest BCUT2D eigenvalue weighted by atomic mass is 16.5. The van der Waals surface area contributed by atoms with Crippen molar-refractivity contribution in [2.24, 2.45) is 5.92 Å². The van der Waals surface area contributed by atoms with Crippen molar-refractivity contribution in [3.63, 3.8) is 0 Å². The zero-order chi connectivity index (χ0) is 11.4. The van der Waals surface area contributed by atoms with E-state index in [9.17, 15) is 9.59 Å². The maximum atomic E-state index is 11.5. The molecule has 0 saturated carbocycles. The lowest BCUT2D eigenvalue weighted by atomic mass is 10.1. The molecule has 1 heterocycles. The average Bonchev–Trinajstić information content (AvgIpc) is 2.64. The van der Waals surface area contributed by atoms with E-state index in [0.29, 0.717) is 6.42 Å². The predicted molar refractivity (Wildman–Crippen MR) is 53.8 cm³/mol. The quantitative estimate of drug-likeness (QED) is 0.565. The van der Waals surface area contributed by atoms with Crippen molar-refractivity contribution in [3.05, 3.63) is 23.7 Å². The minimum Gasteiger partial charge on any atom is -0.463 e. The Morgan fingerprint density at radius 3 is 2.47 bits per heavy atom. The highest BCUT2D eigenvalue weighted by Crippen LogP contribution is 2.13. The molecule has 4 nitrogen and oxygen atoms in total. The number of methoxy groups -OCH3 is 1. The summed E-state index contributed by atoms with van der Waals surface area (Å²) in [6, 6.07) is 2.94. The molecule has 0 atom stereocenters. The van der Waals surface area contributed by atoms with Crippen LogP contribution in [0.2, 0.25) is 0 Å². The van der Waals surface area contributed by atoms with E-state index in [2.05, 4.69) is 4.74 Å². The van der Waals surface area contributed by atoms with E-state index in [0.717, 1.165) is 0 Å². The monoisotopic (exact) mass is 210 g/mol. The number of rotatable bonds is 4. The highest BCUT2D eigenvalue weighted by Gasteiger charge is 2.16. The van der Waals surface area contributed by atoms with E-state index in [4.69, 9.17) is 4.42 Å². The molecule has 0 fully saturated rings. The van der Waals surface area contributed by atoms with E-state index in [-0.39, 0.29) is 23.2 Å². The Bertz CT molecular complexity index is 362. The molecule has 0 spiro atoms. The molecule has 0 unspecified atom stereocenters. The van der Waals surface area contributed by atoms with Gasteiger partial charge >= 0.3 is 5.97 Å². The second-order valence-corrected chi connectivity index (χ2v) is 3.68. The normalized spacial score (nSPS) is 10.4. The van der Waals surface area contributed by atoms with E-state index < -0.39 is 5.97 Å². The first-order chi connectivity index (χ1) is 7.04. The number of hydrogen-bond donors (Lipinski definition) is 0. The molecule has 0 bridgehead atoms. The Balaban J connectivity index is 2.75. The number of esters is 1. The summed E-state index contributed by atoms with van der Waals surface area (Å²) in [5, 5.41) is 0. The summed E-state index contributed by atoms with van der Waals surface area (Å²) in [6.07, 6.45) is 0.411. The zero-order valence-electron chi connectivity index (χ0n) is 9.07. The molecule has 0 aliphatic heterocycles. The van der Waals surface area contributed by atoms with Crippen LogP contribution in [0.3, 0.4) is 0 Å². The van der Waals surface area contributed by atoms with E-state index in [1.54, 1.807) is 0 Å². The molecule has 1 rings (SSSR count). The van der Waals surface area contributed by atoms with Crippen LogP contribution in [-0.4, -0.2) is 18.9 Å². The van der Waals surface area contributed by atoms with Gasteiger partial charge in [-0.25, -0.2) is 4.79 Å². The fraction of sp³-hybridized carbons (Fsp3) is 0.455. The molecule has 0 aliphatic carbocycles. The van der Waals surface area contributed by atoms with Crippen LogP contribution < -0.4 is 0 Å². The lowest BCUT2D eigenvalue weighted by Crippen LogP contribution is -2.02. The number of carbonyl (C=O) groups excluding carboxylic acids is 2. The third kappa shape index (κ3) is 2.94. The fourth-order valence-corrected chi connectivity index (χ4v) is 1.17. The Kier molecular flexibility index (Phi) is 3.66. The molecule has 1 aromatic heterocycles. The van der Waals surface area contributed by atoms with Crippen LogP contribution in [0.5, 0.6) is 0 Å². The second kappa shape index (κ2) is 4.77. The van der Waals surface area contributed by atoms with Crippen LogP contribution in [0, 0.1) is 5.92 Å². The number of hydrogen-bond acceptors (Lipinski definition) is 4. The molecule has 0 aromatic carbocycles. The lowest BCUT2D eigenvalue weighted by molar-refractivity contribution is 0.0563. The van der Waals surface area contributed by atoms with Crippen molar-refractivity contribution < 1.29 is 18.7 Å². The van der Waals surface area contributed by atoms with Crippen molar-refractivity contribution in [1.29, 1.82) is 0 Å². The van der Waals surface area contributed by atoms with Crippen LogP contribution in [0.25, 0.3) is 0 Å². The molecule has 1 aromatic rings. The summed E-state index contributed by atoms with van der Waals surface area (Å²) in [5.41, 5.74) is 0. The molecule has 0 saturated heterocycles. The van der Waals surface area contributed by atoms with Crippen molar-refractivity contribution in [1.82, 2.24) is 0 Å². The summed E-state index contributed by atoms with van der Waals surface area (Å²) in [7, 11) is 1.26. The Morgan fingerprint density at radius 1 is 1.33 bits per heavy atom. The summed E-state index contributed by atoms with van der Waals surface area (Å²) < 4.78 is 9.54. The van der Waals surface area contributed by atoms with Crippen LogP contribution in [0.15, 0.2) is 16.5 Å². The molecule has 0 aliphatic rings. The number of ketones is 1. The van der Waals surface area contributed by atoms with E-state index in [1.165, 1.54) is 19.2 Å². The highest BCUT2D eigenvalue weighted by molar-refractivity contribution is 5.95. The minimum absolute atomic E-state index is 0.0598. The summed E-state index contributed by atoms with van der Waals surface area (Å²) in [5.74, 6) is -0.128. The van der Waals surface area contributed by atoms with Crippen molar-refractivity contribution in [3.8, 4) is 0 Å². The summed E-state index contributed by atoms with van der Waals surface area (Å²) in [4.78, 5) is 22.6. The maximum absolute atomic E-state index is 11.5. The van der Waals surface area contributed by atoms with Gasteiger partial charge in [-0.15, -0.1) is 0 Å². The average molecular weight is 210 g/mol. The lowest BCUT2D eigenvalue weighted by Gasteiger charge is -2.00. The molecule has 0 amide bonds. The molecule has 0 N–H and O–H groups in total. The zero-order valence-corrected chi connectivity index (χ0v) is 9.07. The van der Waals surface area contributed by atoms with Gasteiger partial charge in [0.05, 0.1) is 7.11 Å². The third-order valence-electron chi connectivity index (χ3n) is 1.86. The van der Waals surface area contributed by atoms with Gasteiger partial charge in [-0.2, -0.15) is 0 Å². The maximum Gasteiger partial charge on any atom is 0.373 e. The first kappa shape index (κ1) is 11.5. The van der Waals surface area contributed by atoms with Crippen LogP contribution >= 0.6 is 0 Å². The number of ether oxygens (including phenoxy) is 1. The topological polar surface area (TPSA) is 56.5 Å². The van der Waals surface area contributed by atoms with Gasteiger partial charge in [-0.3, -0.25) is 4.79 Å². The largest absolute Gasteiger partial charge is 0.463 e. The Hall–Kier alpha value is -1.58. The van der Waals surface area contributed by atoms with E-state index >= 15 is 0 Å². The number of carbonyl (C=O) groups is 2. The molecule has 0 radical (unpaired) electrons. The van der Waals surface area contributed by atoms with Crippen molar-refractivity contribution in [2.75, 3.05) is 7.11 Å². The molecular weight excluding hydrogens is 196 g/mol. The standard InChI is InChI=1S/C11H14O4/c1-7(2)6-8(12)9-4-5-10(15-9)11(13)14-3/h4-5,7H,6H2,1-3H3. The SMILES string of the molecule is COC(=O)c1ccc(C(=O)CC(C)C)o1. The molecule has 82 valence electrons. The summed E-state index contributed by atoms with van der Waals surface area (Å²) in [6.45, 7) is 3.89. The molecule has 15 heavy (non-hydrogen) atoms. The van der Waals surface area contributed by atoms with Crippen LogP contribution in [0.4, 0.5) is 0 Å². The number of furan rings is 1. The third-order valence-corrected chi connectivity index (χ3v) is 1.86. The first-order valence-corrected chi connectivity index (χ1v) is 4.76. The first-order valence-electron chi connectivity index (χ1n) is 4.76. The summed E-state index contributed by atoms with van der Waals surface area (Å²) >= 11 is 0. The van der Waals surface area contributed by atoms with E-state index in [1.807, 2.05) is 13.8 Å². The molecule has 4 heteroatoms. The second-order valence-electron chi connectivity index (χ2n) is 3.68. The minimum atomic E-state index is -0.571. The van der Waals surface area contributed by atoms with Gasteiger partial charge in [0.2, 0.25) is 5.76 Å². The number of Topliss-reactive ketones (excluding diaryl/α,β-unsaturated/α-hetero) is 1.